The summed E-state index contributed by atoms with van der Waals surface area (Å²) < 4.78 is 10.9. The van der Waals surface area contributed by atoms with Crippen molar-refractivity contribution >= 4 is 5.91 Å². The van der Waals surface area contributed by atoms with Crippen LogP contribution in [0.3, 0.4) is 0 Å². The van der Waals surface area contributed by atoms with Gasteiger partial charge in [0.15, 0.2) is 5.88 Å². The van der Waals surface area contributed by atoms with Crippen molar-refractivity contribution in [3.63, 3.8) is 0 Å². The Kier molecular flexibility index (Phi) is 5.76. The second kappa shape index (κ2) is 8.02. The first-order valence-electron chi connectivity index (χ1n) is 9.09. The van der Waals surface area contributed by atoms with Gasteiger partial charge in [-0.3, -0.25) is 15.0 Å². The van der Waals surface area contributed by atoms with Crippen molar-refractivity contribution in [3.05, 3.63) is 48.4 Å². The van der Waals surface area contributed by atoms with Crippen LogP contribution < -0.4 is 5.32 Å². The first-order chi connectivity index (χ1) is 12.1. The zero-order chi connectivity index (χ0) is 17.8. The van der Waals surface area contributed by atoms with E-state index in [2.05, 4.69) is 24.0 Å². The number of amides is 1. The molecule has 0 radical (unpaired) electrons. The number of carbonyl (C=O) groups is 1. The number of epoxide rings is 1. The van der Waals surface area contributed by atoms with Crippen LogP contribution in [0.25, 0.3) is 0 Å². The van der Waals surface area contributed by atoms with Gasteiger partial charge in [0.2, 0.25) is 5.91 Å². The molecule has 2 heterocycles. The first kappa shape index (κ1) is 18.0. The van der Waals surface area contributed by atoms with Crippen molar-refractivity contribution in [2.75, 3.05) is 13.7 Å². The number of fused-ring (bicyclic) bond motifs is 1. The van der Waals surface area contributed by atoms with Crippen LogP contribution >= 0.6 is 0 Å². The Labute approximate surface area is 150 Å². The molecule has 3 unspecified atom stereocenters. The Morgan fingerprint density at radius 2 is 2.16 bits per heavy atom. The quantitative estimate of drug-likeness (QED) is 0.637. The highest BCUT2D eigenvalue weighted by Crippen LogP contribution is 2.29. The van der Waals surface area contributed by atoms with E-state index in [9.17, 15) is 4.79 Å². The van der Waals surface area contributed by atoms with E-state index in [0.717, 1.165) is 25.7 Å². The SMILES string of the molecule is C=C(OC)N(C(=O)[C@@H]1CCCC2OC2NC1)C(C)Cc1ccccc1. The fourth-order valence-electron chi connectivity index (χ4n) is 3.61. The van der Waals surface area contributed by atoms with Crippen LogP contribution in [0.15, 0.2) is 42.8 Å². The van der Waals surface area contributed by atoms with Crippen LogP contribution in [-0.4, -0.2) is 42.8 Å². The largest absolute Gasteiger partial charge is 0.482 e. The monoisotopic (exact) mass is 344 g/mol. The number of ether oxygens (including phenoxy) is 2. The number of nitrogens with zero attached hydrogens (tertiary/aromatic N) is 1. The van der Waals surface area contributed by atoms with E-state index < -0.39 is 0 Å². The van der Waals surface area contributed by atoms with Gasteiger partial charge in [0, 0.05) is 12.6 Å². The standard InChI is InChI=1S/C20H28N2O3/c1-14(12-16-8-5-4-6-9-16)22(15(2)24-3)20(23)17-10-7-11-18-19(25-18)21-13-17/h4-6,8-9,14,17-19,21H,2,7,10-13H2,1,3H3/t14?,17-,18?,19?/m1/s1. The molecule has 1 N–H and O–H groups in total. The average molecular weight is 344 g/mol. The van der Waals surface area contributed by atoms with Crippen molar-refractivity contribution in [2.24, 2.45) is 5.92 Å². The Bertz CT molecular complexity index is 604. The Hall–Kier alpha value is -1.85. The van der Waals surface area contributed by atoms with E-state index in [4.69, 9.17) is 9.47 Å². The number of carbonyl (C=O) groups excluding carboxylic acids is 1. The summed E-state index contributed by atoms with van der Waals surface area (Å²) in [6.07, 6.45) is 4.15. The molecule has 5 heteroatoms. The smallest absolute Gasteiger partial charge is 0.233 e. The summed E-state index contributed by atoms with van der Waals surface area (Å²) in [6.45, 7) is 6.65. The summed E-state index contributed by atoms with van der Waals surface area (Å²) in [5, 5.41) is 3.35. The summed E-state index contributed by atoms with van der Waals surface area (Å²) in [5.41, 5.74) is 1.20. The molecule has 1 aromatic carbocycles. The lowest BCUT2D eigenvalue weighted by Crippen LogP contribution is -2.46. The maximum Gasteiger partial charge on any atom is 0.233 e. The number of methoxy groups -OCH3 is 1. The molecule has 0 saturated carbocycles. The molecule has 25 heavy (non-hydrogen) atoms. The van der Waals surface area contributed by atoms with Gasteiger partial charge in [0.25, 0.3) is 0 Å². The average Bonchev–Trinajstić information content (AvgIpc) is 3.32. The number of hydrogen-bond donors (Lipinski definition) is 1. The van der Waals surface area contributed by atoms with Crippen LogP contribution in [0, 0.1) is 5.92 Å². The molecule has 5 nitrogen and oxygen atoms in total. The molecule has 2 aliphatic heterocycles. The van der Waals surface area contributed by atoms with Crippen molar-refractivity contribution < 1.29 is 14.3 Å². The zero-order valence-corrected chi connectivity index (χ0v) is 15.1. The maximum atomic E-state index is 13.2. The summed E-state index contributed by atoms with van der Waals surface area (Å²) in [5.74, 6) is 0.424. The Morgan fingerprint density at radius 1 is 1.40 bits per heavy atom. The Balaban J connectivity index is 1.69. The van der Waals surface area contributed by atoms with Gasteiger partial charge in [0.1, 0.15) is 6.23 Å². The number of rotatable bonds is 6. The van der Waals surface area contributed by atoms with Gasteiger partial charge in [-0.2, -0.15) is 0 Å². The number of nitrogens with one attached hydrogen (secondary N) is 1. The summed E-state index contributed by atoms with van der Waals surface area (Å²) in [4.78, 5) is 14.9. The third-order valence-corrected chi connectivity index (χ3v) is 5.09. The fraction of sp³-hybridized carbons (Fsp3) is 0.550. The number of hydrogen-bond acceptors (Lipinski definition) is 4. The van der Waals surface area contributed by atoms with Gasteiger partial charge in [-0.15, -0.1) is 0 Å². The topological polar surface area (TPSA) is 54.1 Å². The molecule has 1 aromatic rings. The molecule has 1 amide bonds. The minimum atomic E-state index is -0.0738. The van der Waals surface area contributed by atoms with Gasteiger partial charge in [-0.1, -0.05) is 30.3 Å². The molecular weight excluding hydrogens is 316 g/mol. The van der Waals surface area contributed by atoms with E-state index in [0.29, 0.717) is 18.5 Å². The molecule has 0 aliphatic carbocycles. The second-order valence-electron chi connectivity index (χ2n) is 6.98. The molecule has 136 valence electrons. The van der Waals surface area contributed by atoms with Gasteiger partial charge >= 0.3 is 0 Å². The predicted octanol–water partition coefficient (Wildman–Crippen LogP) is 2.68. The van der Waals surface area contributed by atoms with Gasteiger partial charge in [0.05, 0.1) is 19.1 Å². The maximum absolute atomic E-state index is 13.2. The molecule has 0 spiro atoms. The van der Waals surface area contributed by atoms with E-state index >= 15 is 0 Å². The summed E-state index contributed by atoms with van der Waals surface area (Å²) in [6, 6.07) is 10.2. The van der Waals surface area contributed by atoms with Crippen LogP contribution in [-0.2, 0) is 20.7 Å². The lowest BCUT2D eigenvalue weighted by molar-refractivity contribution is -0.138. The lowest BCUT2D eigenvalue weighted by atomic mass is 9.96. The van der Waals surface area contributed by atoms with Crippen molar-refractivity contribution in [1.29, 1.82) is 0 Å². The Morgan fingerprint density at radius 3 is 2.88 bits per heavy atom. The normalized spacial score (nSPS) is 26.6. The molecule has 3 rings (SSSR count). The van der Waals surface area contributed by atoms with Crippen molar-refractivity contribution in [2.45, 2.75) is 51.0 Å². The fourth-order valence-corrected chi connectivity index (χ4v) is 3.61. The van der Waals surface area contributed by atoms with Gasteiger partial charge < -0.3 is 9.47 Å². The number of benzene rings is 1. The second-order valence-corrected chi connectivity index (χ2v) is 6.98. The van der Waals surface area contributed by atoms with Crippen LogP contribution in [0.1, 0.15) is 31.7 Å². The van der Waals surface area contributed by atoms with Crippen molar-refractivity contribution in [3.8, 4) is 0 Å². The van der Waals surface area contributed by atoms with E-state index in [1.54, 1.807) is 12.0 Å². The van der Waals surface area contributed by atoms with E-state index in [1.807, 2.05) is 25.1 Å². The highest BCUT2D eigenvalue weighted by Gasteiger charge is 2.41. The highest BCUT2D eigenvalue weighted by atomic mass is 16.6. The predicted molar refractivity (Wildman–Crippen MR) is 96.6 cm³/mol. The van der Waals surface area contributed by atoms with E-state index in [-0.39, 0.29) is 24.1 Å². The molecular formula is C20H28N2O3. The molecule has 4 atom stereocenters. The highest BCUT2D eigenvalue weighted by molar-refractivity contribution is 5.81. The third-order valence-electron chi connectivity index (χ3n) is 5.09. The minimum Gasteiger partial charge on any atom is -0.482 e. The van der Waals surface area contributed by atoms with Crippen LogP contribution in [0.5, 0.6) is 0 Å². The first-order valence-corrected chi connectivity index (χ1v) is 9.09. The van der Waals surface area contributed by atoms with E-state index in [1.165, 1.54) is 5.56 Å². The summed E-state index contributed by atoms with van der Waals surface area (Å²) in [7, 11) is 1.57. The third kappa shape index (κ3) is 4.41. The van der Waals surface area contributed by atoms with Crippen LogP contribution in [0.2, 0.25) is 0 Å². The molecule has 2 saturated heterocycles. The molecule has 0 aromatic heterocycles. The minimum absolute atomic E-state index is 0.0160. The lowest BCUT2D eigenvalue weighted by Gasteiger charge is -2.33. The van der Waals surface area contributed by atoms with Crippen molar-refractivity contribution in [1.82, 2.24) is 10.2 Å². The summed E-state index contributed by atoms with van der Waals surface area (Å²) >= 11 is 0. The zero-order valence-electron chi connectivity index (χ0n) is 15.1. The molecule has 2 fully saturated rings. The van der Waals surface area contributed by atoms with Gasteiger partial charge in [-0.05, 0) is 44.7 Å². The van der Waals surface area contributed by atoms with Gasteiger partial charge in [-0.25, -0.2) is 0 Å². The molecule has 2 aliphatic rings. The van der Waals surface area contributed by atoms with Crippen LogP contribution in [0.4, 0.5) is 0 Å². The molecule has 0 bridgehead atoms.